The van der Waals surface area contributed by atoms with Gasteiger partial charge in [0.25, 0.3) is 0 Å². The van der Waals surface area contributed by atoms with Crippen LogP contribution in [0.5, 0.6) is 0 Å². The van der Waals surface area contributed by atoms with Gasteiger partial charge >= 0.3 is 0 Å². The molecule has 0 spiro atoms. The lowest BCUT2D eigenvalue weighted by Gasteiger charge is -1.07. The van der Waals surface area contributed by atoms with E-state index < -0.39 is 0 Å². The smallest absolute Gasteiger partial charge is 0 e. The van der Waals surface area contributed by atoms with Gasteiger partial charge in [-0.3, -0.25) is 0 Å². The van der Waals surface area contributed by atoms with E-state index in [0.29, 0.717) is 0 Å². The molecule has 0 heterocycles. The Morgan fingerprint density at radius 2 is 0.235 bits per heavy atom. The van der Waals surface area contributed by atoms with Crippen molar-refractivity contribution in [2.45, 2.75) is 111 Å². The zero-order valence-electron chi connectivity index (χ0n) is 16.6. The summed E-state index contributed by atoms with van der Waals surface area (Å²) in [6, 6.07) is 0. The lowest BCUT2D eigenvalue weighted by Crippen LogP contribution is -0.856. The Kier molecular flexibility index (Phi) is 3440000. The molecular weight excluding hydrogens is 203 g/mol. The first-order valence-electron chi connectivity index (χ1n) is 8.00. The second kappa shape index (κ2) is 865000. The fourth-order valence-electron chi connectivity index (χ4n) is 0. The van der Waals surface area contributed by atoms with Crippen molar-refractivity contribution in [3.63, 3.8) is 0 Å². The van der Waals surface area contributed by atoms with Crippen molar-refractivity contribution >= 4 is 8.41 Å². The molecule has 0 amide bonds. The highest BCUT2D eigenvalue weighted by Gasteiger charge is 0.946. The van der Waals surface area contributed by atoms with E-state index in [1.165, 1.54) is 0 Å². The van der Waals surface area contributed by atoms with Crippen LogP contribution in [0.2, 0.25) is 0 Å². The summed E-state index contributed by atoms with van der Waals surface area (Å²) in [5.74, 6) is 0. The Bertz CT molecular complexity index is 11.1. The molecule has 0 aliphatic rings. The van der Waals surface area contributed by atoms with Crippen LogP contribution >= 0.6 is 0 Å². The Morgan fingerprint density at radius 3 is 0.235 bits per heavy atom. The highest BCUT2D eigenvalue weighted by Crippen LogP contribution is 1.16. The van der Waals surface area contributed by atoms with Crippen LogP contribution in [0.1, 0.15) is 112 Å². The minimum absolute atomic E-state index is 0. The van der Waals surface area contributed by atoms with E-state index in [1.807, 2.05) is 111 Å². The van der Waals surface area contributed by atoms with Crippen LogP contribution in [0.3, 0.4) is 0 Å². The van der Waals surface area contributed by atoms with E-state index in [0.717, 1.165) is 0 Å². The number of hydrogen-bond donors (Lipinski definition) is 0. The van der Waals surface area contributed by atoms with E-state index in [-0.39, 0.29) is 9.84 Å². The average Bonchev–Trinajstić information content (AvgIpc) is 2.54. The Labute approximate surface area is 121 Å². The zero-order chi connectivity index (χ0) is 16.0. The molecule has 0 fully saturated rings. The summed E-state index contributed by atoms with van der Waals surface area (Å²) < 4.78 is 0. The molecule has 0 aromatic heterocycles. The van der Waals surface area contributed by atoms with E-state index in [4.69, 9.17) is 0 Å². The van der Waals surface area contributed by atoms with E-state index in [2.05, 4.69) is 0 Å². The van der Waals surface area contributed by atoms with Gasteiger partial charge in [0.1, 0.15) is 0 Å². The van der Waals surface area contributed by atoms with Gasteiger partial charge in [0.15, 0.2) is 0 Å². The summed E-state index contributed by atoms with van der Waals surface area (Å²) in [6.07, 6.45) is 0. The SMILES string of the molecule is CC.CC.CC.CC.CC.CC.CC.CC.[2HH].[B]. The molecule has 17 heavy (non-hydrogen) atoms. The van der Waals surface area contributed by atoms with Crippen molar-refractivity contribution in [1.29, 1.82) is 0 Å². The Hall–Kier alpha value is 0.0649. The van der Waals surface area contributed by atoms with Gasteiger partial charge < -0.3 is 0 Å². The minimum atomic E-state index is 0. The van der Waals surface area contributed by atoms with E-state index in [1.54, 1.807) is 0 Å². The molecule has 3 radical (unpaired) electrons. The van der Waals surface area contributed by atoms with Crippen LogP contribution in [-0.2, 0) is 0 Å². The maximum atomic E-state index is 2.00. The zero-order valence-corrected chi connectivity index (χ0v) is 16.6. The minimum Gasteiger partial charge on any atom is -0.0683 e. The largest absolute Gasteiger partial charge is 0.0683 e. The molecule has 0 aliphatic carbocycles. The standard InChI is InChI=1S/8C2H6.B.H2/c8*1-2;;/h8*1-2H3;;1H/i;;;;;;;;;1+1. The molecule has 0 nitrogen and oxygen atoms in total. The van der Waals surface area contributed by atoms with Gasteiger partial charge in [-0.2, -0.15) is 0 Å². The van der Waals surface area contributed by atoms with Gasteiger partial charge in [0.05, 0.1) is 0 Å². The van der Waals surface area contributed by atoms with Gasteiger partial charge in [-0.05, 0) is 0 Å². The molecule has 1 heteroatoms. The first-order valence-corrected chi connectivity index (χ1v) is 8.00. The quantitative estimate of drug-likeness (QED) is 0.383. The van der Waals surface area contributed by atoms with Gasteiger partial charge in [0.2, 0.25) is 0 Å². The highest BCUT2D eigenvalue weighted by atomic mass is 13.0. The maximum absolute atomic E-state index is 2.00. The van der Waals surface area contributed by atoms with Crippen molar-refractivity contribution in [3.8, 4) is 0 Å². The summed E-state index contributed by atoms with van der Waals surface area (Å²) in [6.45, 7) is 32.0. The molecule has 117 valence electrons. The molecule has 0 saturated heterocycles. The van der Waals surface area contributed by atoms with Crippen LogP contribution in [0.4, 0.5) is 0 Å². The topological polar surface area (TPSA) is 0 Å². The fourth-order valence-corrected chi connectivity index (χ4v) is 0. The summed E-state index contributed by atoms with van der Waals surface area (Å²) in [4.78, 5) is 0. The van der Waals surface area contributed by atoms with E-state index >= 15 is 0 Å². The summed E-state index contributed by atoms with van der Waals surface area (Å²) in [5, 5.41) is 0. The molecule has 0 bridgehead atoms. The number of rotatable bonds is 0. The lowest BCUT2D eigenvalue weighted by atomic mass is 10.8. The van der Waals surface area contributed by atoms with Crippen LogP contribution < -0.4 is 0 Å². The van der Waals surface area contributed by atoms with Crippen LogP contribution in [0.25, 0.3) is 0 Å². The van der Waals surface area contributed by atoms with Crippen LogP contribution in [0.15, 0.2) is 0 Å². The average molecular weight is 254 g/mol. The van der Waals surface area contributed by atoms with Gasteiger partial charge in [-0.1, -0.05) is 111 Å². The predicted molar refractivity (Wildman–Crippen MR) is 98.7 cm³/mol. The molecule has 0 N–H and O–H groups in total. The third kappa shape index (κ3) is 754000. The molecule has 0 aliphatic heterocycles. The monoisotopic (exact) mass is 254 g/mol. The molecule has 0 aromatic carbocycles. The molecular formula is C16H50B. The molecule has 0 aromatic rings. The Morgan fingerprint density at radius 1 is 0.235 bits per heavy atom. The fraction of sp³-hybridized carbons (Fsp3) is 1.00. The van der Waals surface area contributed by atoms with E-state index in [9.17, 15) is 0 Å². The third-order valence-corrected chi connectivity index (χ3v) is 0. The molecule has 0 atom stereocenters. The van der Waals surface area contributed by atoms with Crippen molar-refractivity contribution in [2.24, 2.45) is 0 Å². The summed E-state index contributed by atoms with van der Waals surface area (Å²) >= 11 is 0. The first-order chi connectivity index (χ1) is 8.00. The highest BCUT2D eigenvalue weighted by molar-refractivity contribution is 5.75. The third-order valence-electron chi connectivity index (χ3n) is 0. The normalized spacial score (nSPS) is 2.82. The molecule has 0 unspecified atom stereocenters. The van der Waals surface area contributed by atoms with Gasteiger partial charge in [0, 0.05) is 9.84 Å². The van der Waals surface area contributed by atoms with Gasteiger partial charge in [-0.25, -0.2) is 0 Å². The molecule has 0 rings (SSSR count). The lowest BCUT2D eigenvalue weighted by molar-refractivity contribution is 1.50. The second-order valence-corrected chi connectivity index (χ2v) is 0. The predicted octanol–water partition coefficient (Wildman–Crippen LogP) is 8.07. The Balaban J connectivity index is -0.00000000500. The molecule has 0 saturated carbocycles. The summed E-state index contributed by atoms with van der Waals surface area (Å²) in [7, 11) is 0. The van der Waals surface area contributed by atoms with Crippen molar-refractivity contribution < 1.29 is 1.43 Å². The summed E-state index contributed by atoms with van der Waals surface area (Å²) in [5.41, 5.74) is 0. The second-order valence-electron chi connectivity index (χ2n) is 0. The van der Waals surface area contributed by atoms with Gasteiger partial charge in [-0.15, -0.1) is 0 Å². The number of hydrogen-bond acceptors (Lipinski definition) is 0. The van der Waals surface area contributed by atoms with Crippen LogP contribution in [0, 0.1) is 0 Å². The van der Waals surface area contributed by atoms with Crippen molar-refractivity contribution in [1.82, 2.24) is 0 Å². The maximum Gasteiger partial charge on any atom is 0 e. The first kappa shape index (κ1) is 67.7. The van der Waals surface area contributed by atoms with Crippen molar-refractivity contribution in [3.05, 3.63) is 0 Å². The van der Waals surface area contributed by atoms with Crippen molar-refractivity contribution in [2.75, 3.05) is 0 Å². The van der Waals surface area contributed by atoms with Crippen LogP contribution in [-0.4, -0.2) is 8.41 Å².